The lowest BCUT2D eigenvalue weighted by molar-refractivity contribution is -0.124. The first-order valence-corrected chi connectivity index (χ1v) is 11.1. The Hall–Kier alpha value is -3.08. The van der Waals surface area contributed by atoms with E-state index in [1.807, 2.05) is 24.3 Å². The summed E-state index contributed by atoms with van der Waals surface area (Å²) >= 11 is 0. The minimum Gasteiger partial charge on any atom is -0.495 e. The van der Waals surface area contributed by atoms with Crippen molar-refractivity contribution in [2.75, 3.05) is 29.4 Å². The average Bonchev–Trinajstić information content (AvgIpc) is 2.77. The van der Waals surface area contributed by atoms with Crippen molar-refractivity contribution < 1.29 is 27.7 Å². The molecule has 31 heavy (non-hydrogen) atoms. The molecule has 3 rings (SSSR count). The Morgan fingerprint density at radius 2 is 1.81 bits per heavy atom. The summed E-state index contributed by atoms with van der Waals surface area (Å²) in [5.41, 5.74) is 3.53. The number of benzene rings is 2. The average molecular weight is 448 g/mol. The molecule has 0 bridgehead atoms. The summed E-state index contributed by atoms with van der Waals surface area (Å²) in [5.74, 6) is -0.269. The Labute approximate surface area is 181 Å². The molecule has 1 fully saturated rings. The van der Waals surface area contributed by atoms with Gasteiger partial charge in [-0.05, 0) is 42.7 Å². The zero-order valence-electron chi connectivity index (χ0n) is 17.0. The standard InChI is InChI=1S/C21H25N3O6S/c1-30-20-9-5-4-8-19(20)24(31(27,28)29)17-12-14-23(15-13-17)18-7-3-2-6-16(18)10-11-21(25)22-26/h2-11,17,26H,12-15H2,1H3,(H,22,25)(H,27,28,29)/b11-10+. The van der Waals surface area contributed by atoms with Crippen LogP contribution in [0.3, 0.4) is 0 Å². The maximum atomic E-state index is 12.2. The first-order chi connectivity index (χ1) is 14.8. The van der Waals surface area contributed by atoms with E-state index >= 15 is 0 Å². The molecule has 3 N–H and O–H groups in total. The molecule has 1 amide bonds. The molecule has 0 unspecified atom stereocenters. The molecular formula is C21H25N3O6S. The fourth-order valence-corrected chi connectivity index (χ4v) is 4.77. The van der Waals surface area contributed by atoms with E-state index in [0.717, 1.165) is 15.6 Å². The number of anilines is 2. The van der Waals surface area contributed by atoms with E-state index in [4.69, 9.17) is 9.94 Å². The number of nitrogens with zero attached hydrogens (tertiary/aromatic N) is 2. The molecule has 166 valence electrons. The van der Waals surface area contributed by atoms with E-state index < -0.39 is 22.3 Å². The molecule has 2 aromatic rings. The molecule has 0 atom stereocenters. The van der Waals surface area contributed by atoms with E-state index in [9.17, 15) is 17.8 Å². The van der Waals surface area contributed by atoms with Crippen molar-refractivity contribution in [3.8, 4) is 5.75 Å². The minimum atomic E-state index is -4.51. The number of ether oxygens (including phenoxy) is 1. The molecule has 0 radical (unpaired) electrons. The minimum absolute atomic E-state index is 0.296. The largest absolute Gasteiger partial charge is 0.495 e. The highest BCUT2D eigenvalue weighted by Gasteiger charge is 2.33. The van der Waals surface area contributed by atoms with Gasteiger partial charge in [0, 0.05) is 24.9 Å². The number of nitrogens with one attached hydrogen (secondary N) is 1. The molecule has 1 aliphatic heterocycles. The molecule has 0 aliphatic carbocycles. The number of carbonyl (C=O) groups is 1. The second-order valence-electron chi connectivity index (χ2n) is 7.03. The number of hydrogen-bond donors (Lipinski definition) is 3. The SMILES string of the molecule is COc1ccccc1N(C1CCN(c2ccccc2/C=C/C(=O)NO)CC1)S(=O)(=O)O. The smallest absolute Gasteiger partial charge is 0.360 e. The fourth-order valence-electron chi connectivity index (χ4n) is 3.78. The number of rotatable bonds is 7. The van der Waals surface area contributed by atoms with Crippen LogP contribution in [-0.4, -0.2) is 50.3 Å². The molecule has 0 spiro atoms. The van der Waals surface area contributed by atoms with Gasteiger partial charge in [0.25, 0.3) is 5.91 Å². The molecule has 1 aliphatic rings. The van der Waals surface area contributed by atoms with Gasteiger partial charge in [-0.25, -0.2) is 9.79 Å². The van der Waals surface area contributed by atoms with Crippen molar-refractivity contribution in [1.82, 2.24) is 5.48 Å². The highest BCUT2D eigenvalue weighted by atomic mass is 32.2. The predicted octanol–water partition coefficient (Wildman–Crippen LogP) is 2.49. The van der Waals surface area contributed by atoms with Gasteiger partial charge in [-0.15, -0.1) is 0 Å². The van der Waals surface area contributed by atoms with Gasteiger partial charge < -0.3 is 9.64 Å². The summed E-state index contributed by atoms with van der Waals surface area (Å²) in [4.78, 5) is 13.4. The second kappa shape index (κ2) is 9.82. The van der Waals surface area contributed by atoms with Crippen LogP contribution in [0.2, 0.25) is 0 Å². The summed E-state index contributed by atoms with van der Waals surface area (Å²) in [6.45, 7) is 1.09. The normalized spacial score (nSPS) is 15.1. The van der Waals surface area contributed by atoms with Crippen LogP contribution in [0.1, 0.15) is 18.4 Å². The van der Waals surface area contributed by atoms with E-state index in [0.29, 0.717) is 37.4 Å². The molecule has 10 heteroatoms. The van der Waals surface area contributed by atoms with Crippen LogP contribution in [0, 0.1) is 0 Å². The monoisotopic (exact) mass is 447 g/mol. The summed E-state index contributed by atoms with van der Waals surface area (Å²) in [6, 6.07) is 13.7. The van der Waals surface area contributed by atoms with Crippen LogP contribution in [0.25, 0.3) is 6.08 Å². The van der Waals surface area contributed by atoms with Gasteiger partial charge in [0.2, 0.25) is 0 Å². The highest BCUT2D eigenvalue weighted by molar-refractivity contribution is 7.87. The van der Waals surface area contributed by atoms with E-state index in [2.05, 4.69) is 4.90 Å². The molecule has 1 heterocycles. The van der Waals surface area contributed by atoms with Crippen molar-refractivity contribution in [3.05, 3.63) is 60.2 Å². The Morgan fingerprint density at radius 1 is 1.16 bits per heavy atom. The summed E-state index contributed by atoms with van der Waals surface area (Å²) < 4.78 is 40.7. The molecule has 0 aromatic heterocycles. The lowest BCUT2D eigenvalue weighted by Crippen LogP contribution is -2.47. The fraction of sp³-hybridized carbons (Fsp3) is 0.286. The van der Waals surface area contributed by atoms with Gasteiger partial charge in [-0.3, -0.25) is 14.6 Å². The maximum absolute atomic E-state index is 12.2. The van der Waals surface area contributed by atoms with Crippen LogP contribution < -0.4 is 19.4 Å². The maximum Gasteiger partial charge on any atom is 0.360 e. The van der Waals surface area contributed by atoms with Gasteiger partial charge >= 0.3 is 10.3 Å². The second-order valence-corrected chi connectivity index (χ2v) is 8.32. The Kier molecular flexibility index (Phi) is 7.16. The van der Waals surface area contributed by atoms with Crippen LogP contribution in [0.4, 0.5) is 11.4 Å². The quantitative estimate of drug-likeness (QED) is 0.258. The zero-order chi connectivity index (χ0) is 22.4. The molecule has 2 aromatic carbocycles. The van der Waals surface area contributed by atoms with Crippen LogP contribution in [0.15, 0.2) is 54.6 Å². The van der Waals surface area contributed by atoms with Gasteiger partial charge in [0.1, 0.15) is 5.75 Å². The van der Waals surface area contributed by atoms with E-state index in [1.165, 1.54) is 13.2 Å². The molecule has 0 saturated carbocycles. The summed E-state index contributed by atoms with van der Waals surface area (Å²) in [5, 5.41) is 8.66. The number of carbonyl (C=O) groups excluding carboxylic acids is 1. The van der Waals surface area contributed by atoms with Crippen LogP contribution in [-0.2, 0) is 15.1 Å². The Balaban J connectivity index is 1.81. The zero-order valence-corrected chi connectivity index (χ0v) is 17.8. The molecule has 1 saturated heterocycles. The van der Waals surface area contributed by atoms with Crippen LogP contribution >= 0.6 is 0 Å². The number of amides is 1. The molecule has 9 nitrogen and oxygen atoms in total. The number of piperidine rings is 1. The first kappa shape index (κ1) is 22.6. The van der Waals surface area contributed by atoms with Gasteiger partial charge in [0.05, 0.1) is 18.8 Å². The van der Waals surface area contributed by atoms with Crippen molar-refractivity contribution >= 4 is 33.7 Å². The lowest BCUT2D eigenvalue weighted by Gasteiger charge is -2.39. The summed E-state index contributed by atoms with van der Waals surface area (Å²) in [6.07, 6.45) is 3.79. The topological polar surface area (TPSA) is 119 Å². The van der Waals surface area contributed by atoms with Crippen molar-refractivity contribution in [3.63, 3.8) is 0 Å². The van der Waals surface area contributed by atoms with E-state index in [1.54, 1.807) is 35.8 Å². The van der Waals surface area contributed by atoms with Crippen molar-refractivity contribution in [2.45, 2.75) is 18.9 Å². The van der Waals surface area contributed by atoms with Crippen molar-refractivity contribution in [1.29, 1.82) is 0 Å². The lowest BCUT2D eigenvalue weighted by atomic mass is 10.0. The number of hydroxylamine groups is 1. The van der Waals surface area contributed by atoms with Gasteiger partial charge in [-0.1, -0.05) is 30.3 Å². The predicted molar refractivity (Wildman–Crippen MR) is 118 cm³/mol. The number of hydrogen-bond acceptors (Lipinski definition) is 6. The third-order valence-corrected chi connectivity index (χ3v) is 6.16. The Morgan fingerprint density at radius 3 is 2.45 bits per heavy atom. The third kappa shape index (κ3) is 5.35. The highest BCUT2D eigenvalue weighted by Crippen LogP contribution is 2.35. The number of para-hydroxylation sites is 3. The first-order valence-electron chi connectivity index (χ1n) is 9.71. The summed E-state index contributed by atoms with van der Waals surface area (Å²) in [7, 11) is -3.06. The van der Waals surface area contributed by atoms with Crippen LogP contribution in [0.5, 0.6) is 5.75 Å². The Bertz CT molecular complexity index is 1050. The third-order valence-electron chi connectivity index (χ3n) is 5.17. The van der Waals surface area contributed by atoms with Gasteiger partial charge in [0.15, 0.2) is 0 Å². The van der Waals surface area contributed by atoms with E-state index in [-0.39, 0.29) is 0 Å². The number of methoxy groups -OCH3 is 1. The van der Waals surface area contributed by atoms with Gasteiger partial charge in [-0.2, -0.15) is 8.42 Å². The molecular weight excluding hydrogens is 422 g/mol. The van der Waals surface area contributed by atoms with Crippen molar-refractivity contribution in [2.24, 2.45) is 0 Å².